The molecule has 2 aromatic heterocycles. The molecule has 0 aromatic carbocycles. The topological polar surface area (TPSA) is 52.8 Å². The highest BCUT2D eigenvalue weighted by atomic mass is 19.1. The molecule has 0 amide bonds. The number of nitrogens with zero attached hydrogens (tertiary/aromatic N) is 4. The number of aromatic nitrogens is 4. The van der Waals surface area contributed by atoms with Crippen LogP contribution < -0.4 is 0 Å². The Morgan fingerprint density at radius 1 is 1.44 bits per heavy atom. The van der Waals surface area contributed by atoms with Crippen molar-refractivity contribution in [1.29, 1.82) is 0 Å². The Balaban J connectivity index is 1.94. The van der Waals surface area contributed by atoms with E-state index in [-0.39, 0.29) is 13.2 Å². The van der Waals surface area contributed by atoms with Crippen molar-refractivity contribution < 1.29 is 9.13 Å². The van der Waals surface area contributed by atoms with Crippen molar-refractivity contribution >= 4 is 11.2 Å². The monoisotopic (exact) mass is 222 g/mol. The van der Waals surface area contributed by atoms with Crippen molar-refractivity contribution in [3.05, 3.63) is 18.6 Å². The average Bonchev–Trinajstić information content (AvgIpc) is 2.87. The highest BCUT2D eigenvalue weighted by Gasteiger charge is 2.36. The van der Waals surface area contributed by atoms with E-state index < -0.39 is 5.67 Å². The molecule has 1 atom stereocenters. The number of ether oxygens (including phenoxy) is 1. The summed E-state index contributed by atoms with van der Waals surface area (Å²) in [5.41, 5.74) is -0.0207. The van der Waals surface area contributed by atoms with Crippen LogP contribution in [0.4, 0.5) is 4.39 Å². The maximum absolute atomic E-state index is 14.2. The molecule has 0 radical (unpaired) electrons. The summed E-state index contributed by atoms with van der Waals surface area (Å²) in [7, 11) is 0. The van der Waals surface area contributed by atoms with Crippen LogP contribution in [0.5, 0.6) is 0 Å². The maximum Gasteiger partial charge on any atom is 0.176 e. The molecule has 0 N–H and O–H groups in total. The normalized spacial score (nSPS) is 25.3. The minimum absolute atomic E-state index is 0.134. The van der Waals surface area contributed by atoms with Gasteiger partial charge in [-0.2, -0.15) is 5.10 Å². The molecular weight excluding hydrogens is 211 g/mol. The standard InChI is InChI=1S/C10H11FN4O/c11-10(1-4-16-7-10)6-15-9-8(5-14-15)12-2-3-13-9/h2-3,5H,1,4,6-7H2. The first-order valence-electron chi connectivity index (χ1n) is 5.16. The first-order valence-corrected chi connectivity index (χ1v) is 5.16. The van der Waals surface area contributed by atoms with Crippen LogP contribution in [0, 0.1) is 0 Å². The van der Waals surface area contributed by atoms with Crippen molar-refractivity contribution in [3.63, 3.8) is 0 Å². The second-order valence-electron chi connectivity index (χ2n) is 4.02. The largest absolute Gasteiger partial charge is 0.378 e. The summed E-state index contributed by atoms with van der Waals surface area (Å²) in [5, 5.41) is 4.10. The number of fused-ring (bicyclic) bond motifs is 1. The summed E-state index contributed by atoms with van der Waals surface area (Å²) < 4.78 is 20.8. The van der Waals surface area contributed by atoms with Gasteiger partial charge in [0.15, 0.2) is 11.3 Å². The van der Waals surface area contributed by atoms with E-state index in [1.807, 2.05) is 0 Å². The van der Waals surface area contributed by atoms with E-state index in [0.717, 1.165) is 0 Å². The first-order chi connectivity index (χ1) is 7.77. The Morgan fingerprint density at radius 3 is 3.12 bits per heavy atom. The molecule has 3 heterocycles. The first kappa shape index (κ1) is 9.65. The van der Waals surface area contributed by atoms with E-state index in [1.54, 1.807) is 23.3 Å². The Labute approximate surface area is 91.3 Å². The fraction of sp³-hybridized carbons (Fsp3) is 0.500. The van der Waals surface area contributed by atoms with Crippen molar-refractivity contribution in [2.24, 2.45) is 0 Å². The van der Waals surface area contributed by atoms with Crippen LogP contribution in [-0.2, 0) is 11.3 Å². The number of alkyl halides is 1. The van der Waals surface area contributed by atoms with Crippen LogP contribution in [-0.4, -0.2) is 38.6 Å². The Bertz CT molecular complexity index is 506. The van der Waals surface area contributed by atoms with Crippen molar-refractivity contribution in [2.45, 2.75) is 18.6 Å². The third kappa shape index (κ3) is 1.55. The number of halogens is 1. The van der Waals surface area contributed by atoms with Crippen molar-refractivity contribution in [3.8, 4) is 0 Å². The zero-order valence-corrected chi connectivity index (χ0v) is 8.64. The number of hydrogen-bond acceptors (Lipinski definition) is 4. The third-order valence-electron chi connectivity index (χ3n) is 2.76. The predicted molar refractivity (Wildman–Crippen MR) is 54.6 cm³/mol. The molecule has 3 rings (SSSR count). The zero-order valence-electron chi connectivity index (χ0n) is 8.64. The quantitative estimate of drug-likeness (QED) is 0.759. The molecule has 1 fully saturated rings. The second kappa shape index (κ2) is 3.48. The molecule has 0 spiro atoms. The van der Waals surface area contributed by atoms with Crippen LogP contribution in [0.3, 0.4) is 0 Å². The number of hydrogen-bond donors (Lipinski definition) is 0. The predicted octanol–water partition coefficient (Wildman–Crippen LogP) is 0.955. The van der Waals surface area contributed by atoms with Crippen LogP contribution in [0.1, 0.15) is 6.42 Å². The molecule has 0 bridgehead atoms. The minimum Gasteiger partial charge on any atom is -0.378 e. The van der Waals surface area contributed by atoms with E-state index in [4.69, 9.17) is 4.74 Å². The molecule has 1 aliphatic rings. The van der Waals surface area contributed by atoms with Gasteiger partial charge in [0.2, 0.25) is 0 Å². The smallest absolute Gasteiger partial charge is 0.176 e. The van der Waals surface area contributed by atoms with Gasteiger partial charge in [-0.25, -0.2) is 19.0 Å². The minimum atomic E-state index is -1.32. The Hall–Kier alpha value is -1.56. The van der Waals surface area contributed by atoms with Gasteiger partial charge in [0.1, 0.15) is 5.52 Å². The van der Waals surface area contributed by atoms with E-state index >= 15 is 0 Å². The number of rotatable bonds is 2. The third-order valence-corrected chi connectivity index (χ3v) is 2.76. The van der Waals surface area contributed by atoms with Gasteiger partial charge >= 0.3 is 0 Å². The van der Waals surface area contributed by atoms with Gasteiger partial charge in [-0.15, -0.1) is 0 Å². The summed E-state index contributed by atoms with van der Waals surface area (Å²) in [4.78, 5) is 8.24. The summed E-state index contributed by atoms with van der Waals surface area (Å²) in [6, 6.07) is 0. The maximum atomic E-state index is 14.2. The lowest BCUT2D eigenvalue weighted by Gasteiger charge is -2.16. The SMILES string of the molecule is FC1(Cn2ncc3nccnc32)CCOC1. The molecule has 6 heteroatoms. The molecule has 1 unspecified atom stereocenters. The lowest BCUT2D eigenvalue weighted by Crippen LogP contribution is -2.30. The average molecular weight is 222 g/mol. The highest BCUT2D eigenvalue weighted by Crippen LogP contribution is 2.25. The Morgan fingerprint density at radius 2 is 2.31 bits per heavy atom. The molecule has 0 saturated carbocycles. The van der Waals surface area contributed by atoms with Gasteiger partial charge in [0.05, 0.1) is 19.3 Å². The Kier molecular flexibility index (Phi) is 2.10. The molecule has 16 heavy (non-hydrogen) atoms. The van der Waals surface area contributed by atoms with Gasteiger partial charge in [0.25, 0.3) is 0 Å². The van der Waals surface area contributed by atoms with Crippen LogP contribution >= 0.6 is 0 Å². The van der Waals surface area contributed by atoms with Gasteiger partial charge in [-0.05, 0) is 0 Å². The van der Waals surface area contributed by atoms with E-state index in [1.165, 1.54) is 0 Å². The molecule has 84 valence electrons. The molecule has 2 aromatic rings. The second-order valence-corrected chi connectivity index (χ2v) is 4.02. The fourth-order valence-electron chi connectivity index (χ4n) is 1.90. The molecule has 1 saturated heterocycles. The van der Waals surface area contributed by atoms with Crippen molar-refractivity contribution in [2.75, 3.05) is 13.2 Å². The fourth-order valence-corrected chi connectivity index (χ4v) is 1.90. The summed E-state index contributed by atoms with van der Waals surface area (Å²) in [6.45, 7) is 0.783. The molecule has 1 aliphatic heterocycles. The van der Waals surface area contributed by atoms with Gasteiger partial charge < -0.3 is 4.74 Å². The summed E-state index contributed by atoms with van der Waals surface area (Å²) in [6.07, 6.45) is 5.19. The van der Waals surface area contributed by atoms with Gasteiger partial charge in [-0.1, -0.05) is 0 Å². The van der Waals surface area contributed by atoms with Crippen molar-refractivity contribution in [1.82, 2.24) is 19.7 Å². The summed E-state index contributed by atoms with van der Waals surface area (Å²) >= 11 is 0. The van der Waals surface area contributed by atoms with E-state index in [9.17, 15) is 4.39 Å². The van der Waals surface area contributed by atoms with Gasteiger partial charge in [-0.3, -0.25) is 0 Å². The highest BCUT2D eigenvalue weighted by molar-refractivity contribution is 5.68. The molecular formula is C10H11FN4O. The molecule has 5 nitrogen and oxygen atoms in total. The molecule has 0 aliphatic carbocycles. The van der Waals surface area contributed by atoms with E-state index in [0.29, 0.717) is 24.2 Å². The lowest BCUT2D eigenvalue weighted by atomic mass is 10.1. The van der Waals surface area contributed by atoms with Crippen LogP contribution in [0.15, 0.2) is 18.6 Å². The summed E-state index contributed by atoms with van der Waals surface area (Å²) in [5.74, 6) is 0. The van der Waals surface area contributed by atoms with Crippen LogP contribution in [0.25, 0.3) is 11.2 Å². The lowest BCUT2D eigenvalue weighted by molar-refractivity contribution is 0.0949. The zero-order chi connectivity index (χ0) is 11.0. The van der Waals surface area contributed by atoms with E-state index in [2.05, 4.69) is 15.1 Å². The van der Waals surface area contributed by atoms with Gasteiger partial charge in [0, 0.05) is 25.4 Å². The van der Waals surface area contributed by atoms with Crippen LogP contribution in [0.2, 0.25) is 0 Å².